The van der Waals surface area contributed by atoms with Crippen molar-refractivity contribution in [2.45, 2.75) is 38.6 Å². The number of ether oxygens (including phenoxy) is 1. The first-order valence-corrected chi connectivity index (χ1v) is 11.6. The van der Waals surface area contributed by atoms with Crippen LogP contribution in [0, 0.1) is 18.3 Å². The van der Waals surface area contributed by atoms with Crippen molar-refractivity contribution >= 4 is 17.5 Å². The van der Waals surface area contributed by atoms with Gasteiger partial charge in [0.2, 0.25) is 5.95 Å². The third-order valence-electron chi connectivity index (χ3n) is 6.04. The molecule has 0 bridgehead atoms. The summed E-state index contributed by atoms with van der Waals surface area (Å²) in [5.41, 5.74) is 2.07. The standard InChI is InChI=1S/C23H31N9O3/c1-17-20(16-32(29-17)19-6-11-30(2)12-7-19)27-22-26-15-18(14-24)21(28-22)25-8-5-10-31-9-3-4-13-34-23(31)35-33/h3-4,9,13,15-16,19,23,33H,5-8,10-12H2,1-2H3,(H2,25,26,27,28). The first kappa shape index (κ1) is 24.5. The molecule has 4 rings (SSSR count). The van der Waals surface area contributed by atoms with Gasteiger partial charge in [-0.05, 0) is 58.5 Å². The minimum Gasteiger partial charge on any atom is -0.452 e. The SMILES string of the molecule is Cc1nn(C2CCN(C)CC2)cc1Nc1ncc(C#N)c(NCCCN2C=CC=COC2OO)n1. The summed E-state index contributed by atoms with van der Waals surface area (Å²) in [7, 11) is 2.14. The van der Waals surface area contributed by atoms with Crippen molar-refractivity contribution in [3.8, 4) is 6.07 Å². The number of allylic oxidation sites excluding steroid dienone is 2. The Labute approximate surface area is 204 Å². The monoisotopic (exact) mass is 481 g/mol. The van der Waals surface area contributed by atoms with E-state index in [2.05, 4.69) is 43.5 Å². The number of rotatable bonds is 9. The van der Waals surface area contributed by atoms with Gasteiger partial charge in [-0.25, -0.2) is 10.2 Å². The van der Waals surface area contributed by atoms with E-state index in [0.29, 0.717) is 42.9 Å². The largest absolute Gasteiger partial charge is 0.452 e. The second kappa shape index (κ2) is 11.7. The van der Waals surface area contributed by atoms with Crippen molar-refractivity contribution in [2.75, 3.05) is 43.9 Å². The Balaban J connectivity index is 1.36. The number of anilines is 3. The summed E-state index contributed by atoms with van der Waals surface area (Å²) in [6, 6.07) is 2.51. The molecule has 1 saturated heterocycles. The van der Waals surface area contributed by atoms with Crippen molar-refractivity contribution in [3.63, 3.8) is 0 Å². The number of aromatic nitrogens is 4. The molecule has 2 aromatic rings. The molecule has 1 atom stereocenters. The maximum atomic E-state index is 9.48. The zero-order valence-electron chi connectivity index (χ0n) is 20.0. The molecular formula is C23H31N9O3. The Kier molecular flexibility index (Phi) is 8.15. The lowest BCUT2D eigenvalue weighted by molar-refractivity contribution is -0.368. The van der Waals surface area contributed by atoms with Crippen LogP contribution in [0.4, 0.5) is 17.5 Å². The number of aryl methyl sites for hydroxylation is 1. The van der Waals surface area contributed by atoms with Gasteiger partial charge in [-0.3, -0.25) is 4.68 Å². The molecule has 12 nitrogen and oxygen atoms in total. The summed E-state index contributed by atoms with van der Waals surface area (Å²) in [6.45, 7) is 5.16. The van der Waals surface area contributed by atoms with Gasteiger partial charge < -0.3 is 25.2 Å². The number of likely N-dealkylation sites (tertiary alicyclic amines) is 1. The van der Waals surface area contributed by atoms with E-state index in [-0.39, 0.29) is 0 Å². The number of hydrogen-bond donors (Lipinski definition) is 3. The highest BCUT2D eigenvalue weighted by atomic mass is 17.1. The van der Waals surface area contributed by atoms with Gasteiger partial charge in [0.25, 0.3) is 0 Å². The summed E-state index contributed by atoms with van der Waals surface area (Å²) in [4.78, 5) is 17.2. The molecule has 2 aliphatic rings. The summed E-state index contributed by atoms with van der Waals surface area (Å²) in [5.74, 6) is 0.839. The van der Waals surface area contributed by atoms with Crippen LogP contribution in [-0.2, 0) is 9.62 Å². The number of nitriles is 1. The van der Waals surface area contributed by atoms with Crippen molar-refractivity contribution in [2.24, 2.45) is 0 Å². The predicted octanol–water partition coefficient (Wildman–Crippen LogP) is 2.80. The van der Waals surface area contributed by atoms with E-state index in [1.165, 1.54) is 12.5 Å². The third-order valence-corrected chi connectivity index (χ3v) is 6.04. The lowest BCUT2D eigenvalue weighted by Gasteiger charge is -2.28. The molecule has 0 saturated carbocycles. The molecule has 35 heavy (non-hydrogen) atoms. The van der Waals surface area contributed by atoms with Gasteiger partial charge in [0.15, 0.2) is 0 Å². The molecule has 0 amide bonds. The molecule has 186 valence electrons. The van der Waals surface area contributed by atoms with Crippen LogP contribution in [0.1, 0.15) is 36.6 Å². The lowest BCUT2D eigenvalue weighted by atomic mass is 10.1. The first-order valence-electron chi connectivity index (χ1n) is 11.6. The van der Waals surface area contributed by atoms with Gasteiger partial charge in [-0.15, -0.1) is 0 Å². The van der Waals surface area contributed by atoms with E-state index in [1.807, 2.05) is 17.8 Å². The highest BCUT2D eigenvalue weighted by Crippen LogP contribution is 2.26. The summed E-state index contributed by atoms with van der Waals surface area (Å²) in [6.07, 6.45) is 12.1. The average molecular weight is 482 g/mol. The molecule has 2 aromatic heterocycles. The highest BCUT2D eigenvalue weighted by Gasteiger charge is 2.21. The Morgan fingerprint density at radius 3 is 2.91 bits per heavy atom. The van der Waals surface area contributed by atoms with Crippen LogP contribution >= 0.6 is 0 Å². The minimum atomic E-state index is -0.909. The molecule has 1 unspecified atom stereocenters. The molecule has 2 aliphatic heterocycles. The maximum absolute atomic E-state index is 9.48. The number of nitrogens with one attached hydrogen (secondary N) is 2. The molecule has 0 spiro atoms. The fraction of sp³-hybridized carbons (Fsp3) is 0.478. The second-order valence-corrected chi connectivity index (χ2v) is 8.57. The number of hydrogen-bond acceptors (Lipinski definition) is 11. The summed E-state index contributed by atoms with van der Waals surface area (Å²) >= 11 is 0. The fourth-order valence-corrected chi connectivity index (χ4v) is 4.03. The molecule has 0 aromatic carbocycles. The summed E-state index contributed by atoms with van der Waals surface area (Å²) < 4.78 is 7.29. The van der Waals surface area contributed by atoms with Crippen LogP contribution in [-0.4, -0.2) is 74.4 Å². The smallest absolute Gasteiger partial charge is 0.311 e. The van der Waals surface area contributed by atoms with Crippen molar-refractivity contribution < 1.29 is 14.9 Å². The molecule has 0 radical (unpaired) electrons. The molecule has 12 heteroatoms. The van der Waals surface area contributed by atoms with Gasteiger partial charge >= 0.3 is 6.41 Å². The molecule has 4 heterocycles. The maximum Gasteiger partial charge on any atom is 0.311 e. The first-order chi connectivity index (χ1) is 17.1. The normalized spacial score (nSPS) is 18.7. The summed E-state index contributed by atoms with van der Waals surface area (Å²) in [5, 5.41) is 29.6. The van der Waals surface area contributed by atoms with Crippen LogP contribution in [0.25, 0.3) is 0 Å². The van der Waals surface area contributed by atoms with Gasteiger partial charge in [-0.1, -0.05) is 0 Å². The van der Waals surface area contributed by atoms with Crippen LogP contribution < -0.4 is 10.6 Å². The zero-order chi connectivity index (χ0) is 24.6. The zero-order valence-corrected chi connectivity index (χ0v) is 20.0. The van der Waals surface area contributed by atoms with Gasteiger partial charge in [0.1, 0.15) is 17.5 Å². The molecule has 3 N–H and O–H groups in total. The topological polar surface area (TPSA) is 137 Å². The van der Waals surface area contributed by atoms with Crippen LogP contribution in [0.2, 0.25) is 0 Å². The van der Waals surface area contributed by atoms with Crippen molar-refractivity contribution in [3.05, 3.63) is 48.3 Å². The van der Waals surface area contributed by atoms with Gasteiger partial charge in [0, 0.05) is 25.5 Å². The molecule has 1 fully saturated rings. The van der Waals surface area contributed by atoms with E-state index < -0.39 is 6.41 Å². The number of piperidine rings is 1. The third kappa shape index (κ3) is 6.27. The minimum absolute atomic E-state index is 0.355. The predicted molar refractivity (Wildman–Crippen MR) is 129 cm³/mol. The quantitative estimate of drug-likeness (QED) is 0.277. The van der Waals surface area contributed by atoms with E-state index in [0.717, 1.165) is 37.3 Å². The van der Waals surface area contributed by atoms with E-state index in [1.54, 1.807) is 23.3 Å². The van der Waals surface area contributed by atoms with E-state index >= 15 is 0 Å². The van der Waals surface area contributed by atoms with E-state index in [9.17, 15) is 5.26 Å². The van der Waals surface area contributed by atoms with Crippen LogP contribution in [0.5, 0.6) is 0 Å². The number of nitrogens with zero attached hydrogens (tertiary/aromatic N) is 7. The molecule has 0 aliphatic carbocycles. The Morgan fingerprint density at radius 2 is 2.14 bits per heavy atom. The van der Waals surface area contributed by atoms with Crippen LogP contribution in [0.3, 0.4) is 0 Å². The molecular weight excluding hydrogens is 450 g/mol. The highest BCUT2D eigenvalue weighted by molar-refractivity contribution is 5.59. The van der Waals surface area contributed by atoms with Crippen molar-refractivity contribution in [1.82, 2.24) is 29.5 Å². The second-order valence-electron chi connectivity index (χ2n) is 8.57. The van der Waals surface area contributed by atoms with Crippen LogP contribution in [0.15, 0.2) is 37.0 Å². The van der Waals surface area contributed by atoms with E-state index in [4.69, 9.17) is 15.1 Å². The van der Waals surface area contributed by atoms with Crippen molar-refractivity contribution in [1.29, 1.82) is 5.26 Å². The Hall–Kier alpha value is -3.66. The fourth-order valence-electron chi connectivity index (χ4n) is 4.03. The van der Waals surface area contributed by atoms with Gasteiger partial charge in [-0.2, -0.15) is 20.2 Å². The average Bonchev–Trinajstić information content (AvgIpc) is 3.08. The van der Waals surface area contributed by atoms with Gasteiger partial charge in [0.05, 0.1) is 29.9 Å². The Morgan fingerprint density at radius 1 is 1.31 bits per heavy atom. The lowest BCUT2D eigenvalue weighted by Crippen LogP contribution is -2.34. The Bertz CT molecular complexity index is 1090.